The van der Waals surface area contributed by atoms with Crippen LogP contribution in [0.3, 0.4) is 0 Å². The van der Waals surface area contributed by atoms with Crippen LogP contribution in [0.5, 0.6) is 0 Å². The van der Waals surface area contributed by atoms with E-state index < -0.39 is 75.7 Å². The Morgan fingerprint density at radius 1 is 0.391 bits per heavy atom. The first kappa shape index (κ1) is 101. The Bertz CT molecular complexity index is 3490. The second kappa shape index (κ2) is 72.7. The fourth-order valence-corrected chi connectivity index (χ4v) is 8.29. The lowest BCUT2D eigenvalue weighted by Crippen LogP contribution is -2.31. The summed E-state index contributed by atoms with van der Waals surface area (Å²) in [5, 5.41) is 52.4. The van der Waals surface area contributed by atoms with Gasteiger partial charge in [0.2, 0.25) is 5.91 Å². The zero-order valence-electron chi connectivity index (χ0n) is 64.4. The van der Waals surface area contributed by atoms with Gasteiger partial charge in [-0.2, -0.15) is 0 Å². The summed E-state index contributed by atoms with van der Waals surface area (Å²) in [6, 6.07) is 7.93. The van der Waals surface area contributed by atoms with Crippen molar-refractivity contribution >= 4 is 63.9 Å². The van der Waals surface area contributed by atoms with E-state index in [-0.39, 0.29) is 83.1 Å². The van der Waals surface area contributed by atoms with Gasteiger partial charge in [0, 0.05) is 31.8 Å². The molecule has 0 saturated heterocycles. The standard InChI is InChI=1S/C78H100N6O31/c1-4-6-8-10-12-14-16-67(77(88)89)62-75(86)114-60-58-112-56-54-110-52-50-108-48-46-106-44-42-104-40-38-102-36-34-100-32-30-98-28-26-96-24-22-82(69-18-20-71(73(64-69)79-66(3)85)80-81-72-21-19-70(83(92)93)65-74(72)84(94)95)23-25-97-27-29-99-31-33-101-35-37-103-39-41-105-43-45-107-47-49-109-51-53-111-55-57-113-59-61-115-76(87)63-68(78(90)91)17-15-13-11-9-7-5-2/h1-2,18-21,64-65,67-68H,22-63H2,3H3,(H,79,85)(H,88,89)(H,90,91)/b81-80+. The Morgan fingerprint density at radius 3 is 0.957 bits per heavy atom. The minimum absolute atomic E-state index is 0.0644. The molecule has 2 rings (SSSR count). The van der Waals surface area contributed by atoms with Crippen molar-refractivity contribution < 1.29 is 139 Å². The summed E-state index contributed by atoms with van der Waals surface area (Å²) in [5.41, 5.74) is -0.310. The van der Waals surface area contributed by atoms with Gasteiger partial charge in [-0.25, -0.2) is 0 Å². The lowest BCUT2D eigenvalue weighted by Gasteiger charge is -2.25. The fourth-order valence-electron chi connectivity index (χ4n) is 8.29. The maximum Gasteiger partial charge on any atom is 0.319 e. The highest BCUT2D eigenvalue weighted by molar-refractivity contribution is 5.93. The summed E-state index contributed by atoms with van der Waals surface area (Å²) >= 11 is 0. The van der Waals surface area contributed by atoms with Gasteiger partial charge in [0.05, 0.1) is 272 Å². The van der Waals surface area contributed by atoms with Crippen LogP contribution in [0.2, 0.25) is 0 Å². The topological polar surface area (TPSA) is 437 Å². The zero-order chi connectivity index (χ0) is 83.3. The number of anilines is 2. The normalized spacial score (nSPS) is 11.0. The molecular weight excluding hydrogens is 1520 g/mol. The Labute approximate surface area is 668 Å². The Balaban J connectivity index is 1.55. The molecular formula is C78H100N6O31. The van der Waals surface area contributed by atoms with Gasteiger partial charge in [0.15, 0.2) is 5.69 Å². The molecule has 2 atom stereocenters. The van der Waals surface area contributed by atoms with Crippen molar-refractivity contribution in [2.45, 2.75) is 19.8 Å². The molecule has 0 saturated carbocycles. The van der Waals surface area contributed by atoms with Crippen LogP contribution in [0.1, 0.15) is 19.8 Å². The molecule has 0 heterocycles. The number of nitro groups is 2. The molecule has 2 unspecified atom stereocenters. The van der Waals surface area contributed by atoms with Crippen LogP contribution in [0.15, 0.2) is 46.6 Å². The van der Waals surface area contributed by atoms with Crippen LogP contribution in [0.4, 0.5) is 34.1 Å². The van der Waals surface area contributed by atoms with Crippen molar-refractivity contribution in [3.8, 4) is 95.7 Å². The lowest BCUT2D eigenvalue weighted by atomic mass is 10.1. The number of amides is 1. The van der Waals surface area contributed by atoms with E-state index >= 15 is 0 Å². The number of nitrogens with zero attached hydrogens (tertiary/aromatic N) is 5. The number of carboxylic acid groups (broad SMARTS) is 2. The predicted octanol–water partition coefficient (Wildman–Crippen LogP) is 3.54. The molecule has 0 fully saturated rings. The van der Waals surface area contributed by atoms with Gasteiger partial charge < -0.3 is 115 Å². The first-order valence-corrected chi connectivity index (χ1v) is 36.3. The number of terminal acetylenes is 2. The van der Waals surface area contributed by atoms with E-state index in [1.165, 1.54) is 6.92 Å². The van der Waals surface area contributed by atoms with Gasteiger partial charge in [-0.1, -0.05) is 11.8 Å². The monoisotopic (exact) mass is 1620 g/mol. The molecule has 628 valence electrons. The number of aliphatic carboxylic acids is 2. The highest BCUT2D eigenvalue weighted by Crippen LogP contribution is 2.36. The molecule has 0 spiro atoms. The maximum absolute atomic E-state index is 12.4. The molecule has 2 aromatic rings. The molecule has 3 N–H and O–H groups in total. The minimum Gasteiger partial charge on any atom is -0.480 e. The third-order valence-electron chi connectivity index (χ3n) is 13.7. The molecule has 2 aromatic carbocycles. The summed E-state index contributed by atoms with van der Waals surface area (Å²) in [6.07, 6.45) is 9.04. The van der Waals surface area contributed by atoms with Gasteiger partial charge in [-0.15, -0.1) is 23.1 Å². The number of carbonyl (C=O) groups is 5. The summed E-state index contributed by atoms with van der Waals surface area (Å²) in [6.45, 7) is 13.7. The van der Waals surface area contributed by atoms with Crippen molar-refractivity contribution in [2.75, 3.05) is 274 Å². The second-order valence-corrected chi connectivity index (χ2v) is 22.2. The second-order valence-electron chi connectivity index (χ2n) is 22.2. The molecule has 0 aliphatic heterocycles. The smallest absolute Gasteiger partial charge is 0.319 e. The maximum atomic E-state index is 12.4. The highest BCUT2D eigenvalue weighted by atomic mass is 16.6. The van der Waals surface area contributed by atoms with Gasteiger partial charge >= 0.3 is 29.6 Å². The van der Waals surface area contributed by atoms with E-state index in [0.717, 1.165) is 18.2 Å². The summed E-state index contributed by atoms with van der Waals surface area (Å²) in [5.74, 6) is 25.1. The molecule has 1 amide bonds. The van der Waals surface area contributed by atoms with Crippen LogP contribution >= 0.6 is 0 Å². The van der Waals surface area contributed by atoms with E-state index in [1.54, 1.807) is 18.2 Å². The van der Waals surface area contributed by atoms with E-state index in [0.29, 0.717) is 204 Å². The highest BCUT2D eigenvalue weighted by Gasteiger charge is 2.23. The van der Waals surface area contributed by atoms with E-state index in [2.05, 4.69) is 98.4 Å². The fraction of sp³-hybridized carbons (Fsp3) is 0.577. The van der Waals surface area contributed by atoms with Gasteiger partial charge in [0.25, 0.3) is 5.69 Å². The number of non-ortho nitro benzene ring substituents is 1. The number of nitro benzene ring substituents is 2. The molecule has 0 bridgehead atoms. The average molecular weight is 1620 g/mol. The number of esters is 2. The number of azo groups is 1. The van der Waals surface area contributed by atoms with Crippen molar-refractivity contribution in [3.05, 3.63) is 56.6 Å². The first-order chi connectivity index (χ1) is 56.2. The van der Waals surface area contributed by atoms with Crippen molar-refractivity contribution in [1.82, 2.24) is 0 Å². The third-order valence-corrected chi connectivity index (χ3v) is 13.7. The SMILES string of the molecule is C#CC#CC#CC#CC(CC(=O)OCCOCCOCCOCCOCCOCCOCCOCCOCCOCCN(CCOCCOCCOCCOCCOCCOCCOCCOCCOCCOC(=O)CC(C#CC#CC#CC#C)C(=O)O)c1ccc(/N=N/c2ccc([N+](=O)[O-])cc2[N+](=O)[O-])c(NC(C)=O)c1)C(=O)O. The van der Waals surface area contributed by atoms with Crippen molar-refractivity contribution in [1.29, 1.82) is 0 Å². The van der Waals surface area contributed by atoms with Gasteiger partial charge in [-0.05, 0) is 95.3 Å². The van der Waals surface area contributed by atoms with Crippen LogP contribution in [0, 0.1) is 128 Å². The molecule has 37 heteroatoms. The summed E-state index contributed by atoms with van der Waals surface area (Å²) in [4.78, 5) is 82.5. The number of nitrogens with one attached hydrogen (secondary N) is 1. The van der Waals surface area contributed by atoms with Crippen LogP contribution in [0.25, 0.3) is 0 Å². The third kappa shape index (κ3) is 59.2. The molecule has 37 nitrogen and oxygen atoms in total. The Kier molecular flexibility index (Phi) is 63.7. The lowest BCUT2D eigenvalue weighted by molar-refractivity contribution is -0.393. The van der Waals surface area contributed by atoms with Gasteiger partial charge in [-0.3, -0.25) is 44.2 Å². The number of carbonyl (C=O) groups excluding carboxylic acids is 3. The first-order valence-electron chi connectivity index (χ1n) is 36.3. The molecule has 115 heavy (non-hydrogen) atoms. The number of ether oxygens (including phenoxy) is 20. The van der Waals surface area contributed by atoms with Crippen LogP contribution < -0.4 is 10.2 Å². The largest absolute Gasteiger partial charge is 0.480 e. The summed E-state index contributed by atoms with van der Waals surface area (Å²) in [7, 11) is 0. The predicted molar refractivity (Wildman–Crippen MR) is 409 cm³/mol. The molecule has 0 aliphatic carbocycles. The average Bonchev–Trinajstić information content (AvgIpc) is 0.826. The van der Waals surface area contributed by atoms with E-state index in [4.69, 9.17) is 108 Å². The number of rotatable bonds is 72. The number of hydrogen-bond acceptors (Lipinski definition) is 32. The van der Waals surface area contributed by atoms with Crippen molar-refractivity contribution in [3.63, 3.8) is 0 Å². The Morgan fingerprint density at radius 2 is 0.670 bits per heavy atom. The number of hydrogen-bond donors (Lipinski definition) is 3. The zero-order valence-corrected chi connectivity index (χ0v) is 64.4. The number of benzene rings is 2. The number of carboxylic acids is 2. The Hall–Kier alpha value is -10.2. The minimum atomic E-state index is -1.28. The van der Waals surface area contributed by atoms with Crippen LogP contribution in [-0.4, -0.2) is 314 Å². The van der Waals surface area contributed by atoms with E-state index in [1.807, 2.05) is 4.90 Å². The van der Waals surface area contributed by atoms with Crippen LogP contribution in [-0.2, 0) is 119 Å². The van der Waals surface area contributed by atoms with Crippen molar-refractivity contribution in [2.24, 2.45) is 22.1 Å². The summed E-state index contributed by atoms with van der Waals surface area (Å²) < 4.78 is 110. The van der Waals surface area contributed by atoms with Gasteiger partial charge in [0.1, 0.15) is 30.7 Å². The van der Waals surface area contributed by atoms with E-state index in [9.17, 15) is 54.4 Å². The molecule has 0 radical (unpaired) electrons. The molecule has 0 aliphatic rings. The molecule has 0 aromatic heterocycles. The quantitative estimate of drug-likeness (QED) is 0.0213.